The highest BCUT2D eigenvalue weighted by Gasteiger charge is 2.23. The van der Waals surface area contributed by atoms with E-state index in [0.29, 0.717) is 5.95 Å². The molecule has 0 N–H and O–H groups in total. The van der Waals surface area contributed by atoms with Gasteiger partial charge in [0.15, 0.2) is 0 Å². The summed E-state index contributed by atoms with van der Waals surface area (Å²) in [6.45, 7) is 0. The van der Waals surface area contributed by atoms with Crippen LogP contribution in [0.1, 0.15) is 0 Å². The molecule has 5 heteroatoms. The van der Waals surface area contributed by atoms with Crippen molar-refractivity contribution >= 4 is 96.5 Å². The zero-order valence-corrected chi connectivity index (χ0v) is 23.1. The molecule has 0 amide bonds. The van der Waals surface area contributed by atoms with Crippen molar-refractivity contribution in [2.24, 2.45) is 0 Å². The van der Waals surface area contributed by atoms with Gasteiger partial charge in [0.1, 0.15) is 0 Å². The van der Waals surface area contributed by atoms with Gasteiger partial charge in [-0.15, -0.1) is 11.3 Å². The van der Waals surface area contributed by atoms with Crippen LogP contribution in [-0.2, 0) is 0 Å². The minimum absolute atomic E-state index is 0.675. The fourth-order valence-corrected chi connectivity index (χ4v) is 8.22. The molecule has 0 unspecified atom stereocenters. The van der Waals surface area contributed by atoms with E-state index in [1.54, 1.807) is 0 Å². The van der Waals surface area contributed by atoms with Gasteiger partial charge in [-0.25, -0.2) is 9.97 Å². The monoisotopic (exact) mass is 552 g/mol. The Morgan fingerprint density at radius 1 is 0.524 bits per heavy atom. The Hall–Kier alpha value is -5.39. The van der Waals surface area contributed by atoms with Gasteiger partial charge in [0.05, 0.1) is 16.6 Å². The van der Waals surface area contributed by atoms with Gasteiger partial charge in [0.25, 0.3) is 0 Å². The number of fused-ring (bicyclic) bond motifs is 16. The zero-order valence-electron chi connectivity index (χ0n) is 22.2. The van der Waals surface area contributed by atoms with Crippen molar-refractivity contribution in [1.29, 1.82) is 0 Å². The maximum Gasteiger partial charge on any atom is 0.235 e. The Morgan fingerprint density at radius 2 is 1.19 bits per heavy atom. The molecule has 10 rings (SSSR count). The van der Waals surface area contributed by atoms with Gasteiger partial charge in [-0.3, -0.25) is 9.55 Å². The summed E-state index contributed by atoms with van der Waals surface area (Å²) in [4.78, 5) is 15.1. The summed E-state index contributed by atoms with van der Waals surface area (Å²) in [5.41, 5.74) is 3.19. The van der Waals surface area contributed by atoms with Crippen LogP contribution in [-0.4, -0.2) is 19.5 Å². The molecule has 4 nitrogen and oxygen atoms in total. The van der Waals surface area contributed by atoms with Crippen molar-refractivity contribution in [2.45, 2.75) is 0 Å². The van der Waals surface area contributed by atoms with E-state index in [-0.39, 0.29) is 0 Å². The van der Waals surface area contributed by atoms with Crippen LogP contribution in [0.15, 0.2) is 122 Å². The lowest BCUT2D eigenvalue weighted by molar-refractivity contribution is 1.02. The molecule has 0 saturated carbocycles. The largest absolute Gasteiger partial charge is 0.277 e. The van der Waals surface area contributed by atoms with Gasteiger partial charge in [-0.1, -0.05) is 84.9 Å². The lowest BCUT2D eigenvalue weighted by atomic mass is 9.98. The summed E-state index contributed by atoms with van der Waals surface area (Å²) in [6, 6.07) is 36.6. The first-order valence-corrected chi connectivity index (χ1v) is 14.8. The number of aromatic nitrogens is 4. The summed E-state index contributed by atoms with van der Waals surface area (Å²) in [5.74, 6) is 0.675. The predicted octanol–water partition coefficient (Wildman–Crippen LogP) is 9.95. The molecule has 42 heavy (non-hydrogen) atoms. The van der Waals surface area contributed by atoms with Crippen molar-refractivity contribution in [1.82, 2.24) is 19.5 Å². The molecule has 4 heterocycles. The van der Waals surface area contributed by atoms with Crippen LogP contribution in [0.3, 0.4) is 0 Å². The topological polar surface area (TPSA) is 43.6 Å². The minimum atomic E-state index is 0.675. The first kappa shape index (κ1) is 22.3. The third-order valence-corrected chi connectivity index (χ3v) is 9.91. The first-order valence-electron chi connectivity index (χ1n) is 14.0. The Labute approximate surface area is 243 Å². The summed E-state index contributed by atoms with van der Waals surface area (Å²) in [6.07, 6.45) is 5.93. The molecule has 0 radical (unpaired) electrons. The highest BCUT2D eigenvalue weighted by Crippen LogP contribution is 2.47. The van der Waals surface area contributed by atoms with Crippen molar-refractivity contribution in [3.05, 3.63) is 122 Å². The molecule has 0 bridgehead atoms. The van der Waals surface area contributed by atoms with Gasteiger partial charge in [-0.05, 0) is 34.4 Å². The molecule has 194 valence electrons. The molecule has 0 aliphatic carbocycles. The molecule has 0 saturated heterocycles. The molecule has 0 aliphatic heterocycles. The number of hydrogen-bond donors (Lipinski definition) is 0. The van der Waals surface area contributed by atoms with Gasteiger partial charge in [0, 0.05) is 71.1 Å². The lowest BCUT2D eigenvalue weighted by Gasteiger charge is -2.12. The second-order valence-electron chi connectivity index (χ2n) is 10.8. The van der Waals surface area contributed by atoms with Crippen LogP contribution >= 0.6 is 11.3 Å². The van der Waals surface area contributed by atoms with E-state index in [9.17, 15) is 0 Å². The van der Waals surface area contributed by atoms with Crippen molar-refractivity contribution < 1.29 is 0 Å². The molecular weight excluding hydrogens is 533 g/mol. The SMILES string of the molecule is c1ccc2c(c1)sc1c3ccncc3c3c4ccccc4n(-c4ncc5c6ccccc6c6ccccc6c5n4)c3c21. The number of para-hydroxylation sites is 1. The third kappa shape index (κ3) is 2.78. The van der Waals surface area contributed by atoms with Crippen LogP contribution in [0.2, 0.25) is 0 Å². The Balaban J connectivity index is 1.46. The van der Waals surface area contributed by atoms with Crippen LogP contribution in [0.4, 0.5) is 0 Å². The van der Waals surface area contributed by atoms with Gasteiger partial charge in [-0.2, -0.15) is 0 Å². The van der Waals surface area contributed by atoms with Crippen molar-refractivity contribution in [3.8, 4) is 5.95 Å². The van der Waals surface area contributed by atoms with Crippen LogP contribution in [0.25, 0.3) is 91.1 Å². The number of rotatable bonds is 1. The van der Waals surface area contributed by atoms with Crippen molar-refractivity contribution in [3.63, 3.8) is 0 Å². The van der Waals surface area contributed by atoms with Crippen LogP contribution in [0, 0.1) is 0 Å². The zero-order chi connectivity index (χ0) is 27.4. The standard InChI is InChI=1S/C37H20N4S/c1-2-11-23-21(9-1)22-10-3-4-12-24(22)34-29(23)20-39-37(40-34)41-30-15-7-5-13-26(30)32-28-19-38-18-17-25(28)36-33(35(32)41)27-14-6-8-16-31(27)42-36/h1-20H. The fourth-order valence-electron chi connectivity index (χ4n) is 6.98. The van der Waals surface area contributed by atoms with E-state index in [4.69, 9.17) is 9.97 Å². The molecule has 6 aromatic carbocycles. The lowest BCUT2D eigenvalue weighted by Crippen LogP contribution is -2.02. The number of pyridine rings is 1. The van der Waals surface area contributed by atoms with Crippen LogP contribution in [0.5, 0.6) is 0 Å². The highest BCUT2D eigenvalue weighted by molar-refractivity contribution is 7.27. The number of nitrogens with zero attached hydrogens (tertiary/aromatic N) is 4. The van der Waals surface area contributed by atoms with E-state index in [2.05, 4.69) is 113 Å². The van der Waals surface area contributed by atoms with E-state index in [1.807, 2.05) is 29.9 Å². The Kier molecular flexibility index (Phi) is 4.30. The fraction of sp³-hybridized carbons (Fsp3) is 0. The van der Waals surface area contributed by atoms with E-state index >= 15 is 0 Å². The minimum Gasteiger partial charge on any atom is -0.277 e. The molecular formula is C37H20N4S. The third-order valence-electron chi connectivity index (χ3n) is 8.71. The smallest absolute Gasteiger partial charge is 0.235 e. The quantitative estimate of drug-likeness (QED) is 0.190. The normalized spacial score (nSPS) is 12.3. The van der Waals surface area contributed by atoms with Gasteiger partial charge >= 0.3 is 0 Å². The van der Waals surface area contributed by atoms with E-state index < -0.39 is 0 Å². The van der Waals surface area contributed by atoms with Crippen molar-refractivity contribution in [2.75, 3.05) is 0 Å². The predicted molar refractivity (Wildman–Crippen MR) is 177 cm³/mol. The van der Waals surface area contributed by atoms with E-state index in [0.717, 1.165) is 32.7 Å². The summed E-state index contributed by atoms with van der Waals surface area (Å²) in [5, 5.41) is 13.0. The highest BCUT2D eigenvalue weighted by atomic mass is 32.1. The first-order chi connectivity index (χ1) is 20.9. The Morgan fingerprint density at radius 3 is 2.02 bits per heavy atom. The van der Waals surface area contributed by atoms with Gasteiger partial charge in [0.2, 0.25) is 5.95 Å². The Bertz CT molecular complexity index is 2720. The second kappa shape index (κ2) is 8.09. The molecule has 0 aliphatic rings. The molecule has 0 fully saturated rings. The second-order valence-corrected chi connectivity index (χ2v) is 11.9. The average Bonchev–Trinajstić information content (AvgIpc) is 3.61. The maximum absolute atomic E-state index is 5.39. The van der Waals surface area contributed by atoms with E-state index in [1.165, 1.54) is 52.5 Å². The molecule has 0 atom stereocenters. The summed E-state index contributed by atoms with van der Waals surface area (Å²) >= 11 is 1.84. The summed E-state index contributed by atoms with van der Waals surface area (Å²) in [7, 11) is 0. The number of benzene rings is 6. The molecule has 4 aromatic heterocycles. The number of thiophene rings is 1. The number of hydrogen-bond acceptors (Lipinski definition) is 4. The maximum atomic E-state index is 5.39. The molecule has 10 aromatic rings. The average molecular weight is 553 g/mol. The molecule has 0 spiro atoms. The van der Waals surface area contributed by atoms with Gasteiger partial charge < -0.3 is 0 Å². The summed E-state index contributed by atoms with van der Waals surface area (Å²) < 4.78 is 4.82. The van der Waals surface area contributed by atoms with Crippen LogP contribution < -0.4 is 0 Å².